The molecule has 0 saturated carbocycles. The number of aryl methyl sites for hydroxylation is 1. The molecule has 1 heterocycles. The van der Waals surface area contributed by atoms with E-state index in [1.165, 1.54) is 35.6 Å². The van der Waals surface area contributed by atoms with Gasteiger partial charge < -0.3 is 5.32 Å². The second kappa shape index (κ2) is 7.53. The molecule has 1 N–H and O–H groups in total. The Kier molecular flexibility index (Phi) is 5.19. The summed E-state index contributed by atoms with van der Waals surface area (Å²) in [5, 5.41) is 3.54. The topological polar surface area (TPSA) is 42.0 Å². The molecule has 0 radical (unpaired) electrons. The van der Waals surface area contributed by atoms with Crippen molar-refractivity contribution in [2.45, 2.75) is 13.3 Å². The van der Waals surface area contributed by atoms with Gasteiger partial charge in [-0.3, -0.25) is 4.79 Å². The van der Waals surface area contributed by atoms with Crippen LogP contribution in [0.3, 0.4) is 0 Å². The van der Waals surface area contributed by atoms with Gasteiger partial charge in [-0.15, -0.1) is 11.3 Å². The molecule has 0 aliphatic heterocycles. The van der Waals surface area contributed by atoms with Gasteiger partial charge in [-0.2, -0.15) is 0 Å². The standard InChI is InChI=1S/C19H16F2N2OS/c1-12-17(25-19(23-12)14-4-8-16(21)9-5-14)18(24)22-11-10-13-2-6-15(20)7-3-13/h2-9H,10-11H2,1H3,(H,22,24). The van der Waals surface area contributed by atoms with Gasteiger partial charge in [-0.1, -0.05) is 12.1 Å². The molecule has 6 heteroatoms. The molecule has 1 aromatic heterocycles. The highest BCUT2D eigenvalue weighted by Crippen LogP contribution is 2.28. The Balaban J connectivity index is 1.64. The lowest BCUT2D eigenvalue weighted by molar-refractivity contribution is 0.0957. The number of amides is 1. The van der Waals surface area contributed by atoms with E-state index in [0.717, 1.165) is 11.1 Å². The molecule has 0 aliphatic rings. The van der Waals surface area contributed by atoms with Gasteiger partial charge in [0.05, 0.1) is 5.69 Å². The normalized spacial score (nSPS) is 10.7. The molecular weight excluding hydrogens is 342 g/mol. The van der Waals surface area contributed by atoms with E-state index in [0.29, 0.717) is 28.5 Å². The van der Waals surface area contributed by atoms with Gasteiger partial charge in [0, 0.05) is 12.1 Å². The van der Waals surface area contributed by atoms with Crippen molar-refractivity contribution in [2.75, 3.05) is 6.54 Å². The number of hydrogen-bond donors (Lipinski definition) is 1. The fourth-order valence-corrected chi connectivity index (χ4v) is 3.36. The molecule has 0 bridgehead atoms. The average Bonchev–Trinajstić information content (AvgIpc) is 2.99. The van der Waals surface area contributed by atoms with E-state index in [4.69, 9.17) is 0 Å². The molecule has 25 heavy (non-hydrogen) atoms. The SMILES string of the molecule is Cc1nc(-c2ccc(F)cc2)sc1C(=O)NCCc1ccc(F)cc1. The first kappa shape index (κ1) is 17.2. The van der Waals surface area contributed by atoms with Crippen LogP contribution < -0.4 is 5.32 Å². The highest BCUT2D eigenvalue weighted by Gasteiger charge is 2.16. The van der Waals surface area contributed by atoms with Crippen LogP contribution in [0.5, 0.6) is 0 Å². The van der Waals surface area contributed by atoms with E-state index >= 15 is 0 Å². The van der Waals surface area contributed by atoms with E-state index in [2.05, 4.69) is 10.3 Å². The maximum atomic E-state index is 13.0. The zero-order chi connectivity index (χ0) is 17.8. The summed E-state index contributed by atoms with van der Waals surface area (Å²) in [6, 6.07) is 12.2. The fraction of sp³-hybridized carbons (Fsp3) is 0.158. The van der Waals surface area contributed by atoms with Crippen molar-refractivity contribution in [1.29, 1.82) is 0 Å². The summed E-state index contributed by atoms with van der Waals surface area (Å²) in [5.74, 6) is -0.775. The van der Waals surface area contributed by atoms with Gasteiger partial charge in [0.2, 0.25) is 0 Å². The van der Waals surface area contributed by atoms with Gasteiger partial charge in [-0.05, 0) is 55.3 Å². The van der Waals surface area contributed by atoms with Gasteiger partial charge >= 0.3 is 0 Å². The van der Waals surface area contributed by atoms with Crippen molar-refractivity contribution in [2.24, 2.45) is 0 Å². The third-order valence-corrected chi connectivity index (χ3v) is 4.91. The Morgan fingerprint density at radius 3 is 2.28 bits per heavy atom. The fourth-order valence-electron chi connectivity index (χ4n) is 2.37. The molecule has 0 fully saturated rings. The molecule has 2 aromatic carbocycles. The zero-order valence-electron chi connectivity index (χ0n) is 13.6. The second-order valence-corrected chi connectivity index (χ2v) is 6.57. The molecule has 0 spiro atoms. The summed E-state index contributed by atoms with van der Waals surface area (Å²) >= 11 is 1.28. The first-order chi connectivity index (χ1) is 12.0. The number of carbonyl (C=O) groups excluding carboxylic acids is 1. The minimum atomic E-state index is -0.309. The third-order valence-electron chi connectivity index (χ3n) is 3.71. The number of carbonyl (C=O) groups is 1. The minimum Gasteiger partial charge on any atom is -0.351 e. The summed E-state index contributed by atoms with van der Waals surface area (Å²) < 4.78 is 25.9. The number of nitrogens with one attached hydrogen (secondary N) is 1. The van der Waals surface area contributed by atoms with E-state index in [1.807, 2.05) is 0 Å². The van der Waals surface area contributed by atoms with Gasteiger partial charge in [0.25, 0.3) is 5.91 Å². The Morgan fingerprint density at radius 1 is 1.04 bits per heavy atom. The summed E-state index contributed by atoms with van der Waals surface area (Å²) in [6.07, 6.45) is 0.620. The Labute approximate surface area is 148 Å². The summed E-state index contributed by atoms with van der Waals surface area (Å²) in [6.45, 7) is 2.23. The van der Waals surface area contributed by atoms with E-state index in [9.17, 15) is 13.6 Å². The predicted molar refractivity (Wildman–Crippen MR) is 94.7 cm³/mol. The summed E-state index contributed by atoms with van der Waals surface area (Å²) in [7, 11) is 0. The lowest BCUT2D eigenvalue weighted by atomic mass is 10.1. The molecule has 3 rings (SSSR count). The number of aromatic nitrogens is 1. The first-order valence-corrected chi connectivity index (χ1v) is 8.60. The third kappa shape index (κ3) is 4.28. The van der Waals surface area contributed by atoms with E-state index < -0.39 is 0 Å². The van der Waals surface area contributed by atoms with E-state index in [-0.39, 0.29) is 17.5 Å². The first-order valence-electron chi connectivity index (χ1n) is 7.79. The van der Waals surface area contributed by atoms with Crippen LogP contribution in [0, 0.1) is 18.6 Å². The number of rotatable bonds is 5. The van der Waals surface area contributed by atoms with Crippen LogP contribution in [0.1, 0.15) is 20.9 Å². The summed E-state index contributed by atoms with van der Waals surface area (Å²) in [5.41, 5.74) is 2.37. The number of halogens is 2. The van der Waals surface area contributed by atoms with Crippen LogP contribution in [-0.4, -0.2) is 17.4 Å². The lowest BCUT2D eigenvalue weighted by Crippen LogP contribution is -2.25. The molecule has 3 aromatic rings. The molecule has 1 amide bonds. The van der Waals surface area contributed by atoms with Crippen molar-refractivity contribution in [1.82, 2.24) is 10.3 Å². The molecular formula is C19H16F2N2OS. The molecule has 0 atom stereocenters. The Morgan fingerprint density at radius 2 is 1.64 bits per heavy atom. The lowest BCUT2D eigenvalue weighted by Gasteiger charge is -2.04. The molecule has 0 unspecified atom stereocenters. The average molecular weight is 358 g/mol. The highest BCUT2D eigenvalue weighted by atomic mass is 32.1. The van der Waals surface area contributed by atoms with Crippen molar-refractivity contribution in [3.8, 4) is 10.6 Å². The smallest absolute Gasteiger partial charge is 0.263 e. The number of thiazole rings is 1. The molecule has 3 nitrogen and oxygen atoms in total. The van der Waals surface area contributed by atoms with Crippen LogP contribution in [0.15, 0.2) is 48.5 Å². The quantitative estimate of drug-likeness (QED) is 0.736. The van der Waals surface area contributed by atoms with Crippen molar-refractivity contribution < 1.29 is 13.6 Å². The van der Waals surface area contributed by atoms with Gasteiger partial charge in [0.1, 0.15) is 21.5 Å². The second-order valence-electron chi connectivity index (χ2n) is 5.57. The van der Waals surface area contributed by atoms with Crippen LogP contribution in [0.4, 0.5) is 8.78 Å². The largest absolute Gasteiger partial charge is 0.351 e. The number of nitrogens with zero attached hydrogens (tertiary/aromatic N) is 1. The molecule has 0 saturated heterocycles. The molecule has 0 aliphatic carbocycles. The zero-order valence-corrected chi connectivity index (χ0v) is 14.4. The Hall–Kier alpha value is -2.60. The Bertz CT molecular complexity index is 873. The van der Waals surface area contributed by atoms with Crippen LogP contribution in [-0.2, 0) is 6.42 Å². The van der Waals surface area contributed by atoms with Crippen molar-refractivity contribution in [3.63, 3.8) is 0 Å². The van der Waals surface area contributed by atoms with Crippen LogP contribution in [0.2, 0.25) is 0 Å². The highest BCUT2D eigenvalue weighted by molar-refractivity contribution is 7.17. The monoisotopic (exact) mass is 358 g/mol. The van der Waals surface area contributed by atoms with Crippen molar-refractivity contribution in [3.05, 3.63) is 76.3 Å². The van der Waals surface area contributed by atoms with Crippen molar-refractivity contribution >= 4 is 17.2 Å². The van der Waals surface area contributed by atoms with Crippen LogP contribution >= 0.6 is 11.3 Å². The van der Waals surface area contributed by atoms with Gasteiger partial charge in [-0.25, -0.2) is 13.8 Å². The minimum absolute atomic E-state index is 0.189. The maximum absolute atomic E-state index is 13.0. The number of benzene rings is 2. The summed E-state index contributed by atoms with van der Waals surface area (Å²) in [4.78, 5) is 17.3. The molecule has 128 valence electrons. The number of hydrogen-bond acceptors (Lipinski definition) is 3. The van der Waals surface area contributed by atoms with Crippen LogP contribution in [0.25, 0.3) is 10.6 Å². The van der Waals surface area contributed by atoms with E-state index in [1.54, 1.807) is 31.2 Å². The van der Waals surface area contributed by atoms with Gasteiger partial charge in [0.15, 0.2) is 0 Å². The maximum Gasteiger partial charge on any atom is 0.263 e. The predicted octanol–water partition coefficient (Wildman–Crippen LogP) is 4.37.